The maximum atomic E-state index is 9.60. The van der Waals surface area contributed by atoms with Gasteiger partial charge in [-0.05, 0) is 20.8 Å². The summed E-state index contributed by atoms with van der Waals surface area (Å²) in [7, 11) is 0. The smallest absolute Gasteiger partial charge is 0.402 e. The Hall–Kier alpha value is -3.12. The van der Waals surface area contributed by atoms with E-state index in [0.717, 1.165) is 0 Å². The van der Waals surface area contributed by atoms with Crippen LogP contribution in [0.2, 0.25) is 0 Å². The second kappa shape index (κ2) is 23.2. The Kier molecular flexibility index (Phi) is 31.0. The lowest BCUT2D eigenvalue weighted by atomic mass is 10.4. The Morgan fingerprint density at radius 2 is 0.920 bits per heavy atom. The Bertz CT molecular complexity index is 365. The molecule has 0 bridgehead atoms. The van der Waals surface area contributed by atoms with Crippen molar-refractivity contribution in [1.82, 2.24) is 0 Å². The number of carbonyl (C=O) groups is 4. The molecular formula is C13H26N2O10. The summed E-state index contributed by atoms with van der Waals surface area (Å²) in [6.07, 6.45) is -3.23. The van der Waals surface area contributed by atoms with Crippen LogP contribution in [0.1, 0.15) is 20.8 Å². The van der Waals surface area contributed by atoms with Crippen molar-refractivity contribution < 1.29 is 49.8 Å². The third kappa shape index (κ3) is 157. The van der Waals surface area contributed by atoms with Gasteiger partial charge in [0.1, 0.15) is 0 Å². The molecule has 0 rings (SSSR count). The fourth-order valence-corrected chi connectivity index (χ4v) is 0. The van der Waals surface area contributed by atoms with E-state index in [1.54, 1.807) is 0 Å². The molecule has 1 unspecified atom stereocenters. The molecule has 2 amide bonds. The highest BCUT2D eigenvalue weighted by Crippen LogP contribution is 1.81. The molecule has 0 aromatic carbocycles. The van der Waals surface area contributed by atoms with E-state index in [-0.39, 0.29) is 17.8 Å². The van der Waals surface area contributed by atoms with Gasteiger partial charge in [0.2, 0.25) is 0 Å². The van der Waals surface area contributed by atoms with Crippen LogP contribution in [0.25, 0.3) is 0 Å². The number of carboxylic acids is 2. The van der Waals surface area contributed by atoms with Crippen molar-refractivity contribution in [3.63, 3.8) is 0 Å². The quantitative estimate of drug-likeness (QED) is 0.306. The molecular weight excluding hydrogens is 344 g/mol. The third-order valence-electron chi connectivity index (χ3n) is 0.994. The zero-order valence-electron chi connectivity index (χ0n) is 14.2. The summed E-state index contributed by atoms with van der Waals surface area (Å²) in [4.78, 5) is 36.8. The Morgan fingerprint density at radius 3 is 0.920 bits per heavy atom. The molecule has 0 aromatic rings. The number of hydrogen-bond donors (Lipinski definition) is 8. The maximum absolute atomic E-state index is 9.60. The second-order valence-corrected chi connectivity index (χ2v) is 3.88. The van der Waals surface area contributed by atoms with E-state index in [9.17, 15) is 9.59 Å². The summed E-state index contributed by atoms with van der Waals surface area (Å²) in [5.74, 6) is -1.87. The van der Waals surface area contributed by atoms with Crippen molar-refractivity contribution in [2.75, 3.05) is 6.61 Å². The molecule has 0 radical (unpaired) electrons. The minimum atomic E-state index is -1.33. The fraction of sp³-hybridized carbons (Fsp3) is 0.385. The van der Waals surface area contributed by atoms with Crippen LogP contribution in [0.5, 0.6) is 0 Å². The molecule has 0 saturated heterocycles. The SMILES string of the molecule is C=C(C)C(=O)O.C=C(C)C(=O)O.CC(O)CO.NC(=O)O.NC(=O)O. The molecule has 148 valence electrons. The zero-order valence-corrected chi connectivity index (χ0v) is 14.2. The van der Waals surface area contributed by atoms with Gasteiger partial charge >= 0.3 is 24.1 Å². The van der Waals surface area contributed by atoms with Crippen molar-refractivity contribution in [2.24, 2.45) is 11.5 Å². The summed E-state index contributed by atoms with van der Waals surface area (Å²) in [5.41, 5.74) is 8.41. The van der Waals surface area contributed by atoms with E-state index < -0.39 is 30.2 Å². The first-order valence-electron chi connectivity index (χ1n) is 6.06. The molecule has 0 aromatic heterocycles. The molecule has 1 atom stereocenters. The van der Waals surface area contributed by atoms with Gasteiger partial charge in [0.05, 0.1) is 12.7 Å². The van der Waals surface area contributed by atoms with Gasteiger partial charge in [-0.3, -0.25) is 0 Å². The first-order valence-corrected chi connectivity index (χ1v) is 6.06. The van der Waals surface area contributed by atoms with Crippen LogP contribution in [-0.4, -0.2) is 67.5 Å². The number of aliphatic hydroxyl groups is 2. The number of nitrogens with two attached hydrogens (primary N) is 2. The van der Waals surface area contributed by atoms with Crippen molar-refractivity contribution in [3.8, 4) is 0 Å². The van der Waals surface area contributed by atoms with Gasteiger partial charge < -0.3 is 42.1 Å². The van der Waals surface area contributed by atoms with Gasteiger partial charge in [-0.25, -0.2) is 19.2 Å². The van der Waals surface area contributed by atoms with E-state index in [0.29, 0.717) is 0 Å². The van der Waals surface area contributed by atoms with Crippen LogP contribution in [0.3, 0.4) is 0 Å². The molecule has 0 saturated carbocycles. The Balaban J connectivity index is -0.0000000675. The Labute approximate surface area is 144 Å². The first-order chi connectivity index (χ1) is 11.0. The van der Waals surface area contributed by atoms with Gasteiger partial charge in [0.25, 0.3) is 0 Å². The minimum absolute atomic E-state index is 0.139. The average molecular weight is 370 g/mol. The van der Waals surface area contributed by atoms with Crippen LogP contribution in [0.4, 0.5) is 9.59 Å². The second-order valence-electron chi connectivity index (χ2n) is 3.88. The highest BCUT2D eigenvalue weighted by Gasteiger charge is 1.90. The topological polar surface area (TPSA) is 242 Å². The van der Waals surface area contributed by atoms with E-state index >= 15 is 0 Å². The van der Waals surface area contributed by atoms with Crippen molar-refractivity contribution in [1.29, 1.82) is 0 Å². The normalized spacial score (nSPS) is 8.52. The largest absolute Gasteiger partial charge is 0.478 e. The van der Waals surface area contributed by atoms with Gasteiger partial charge in [-0.15, -0.1) is 0 Å². The number of amides is 2. The zero-order chi connectivity index (χ0) is 21.7. The summed E-state index contributed by atoms with van der Waals surface area (Å²) in [5, 5.41) is 46.2. The summed E-state index contributed by atoms with van der Waals surface area (Å²) in [6, 6.07) is 0. The van der Waals surface area contributed by atoms with E-state index in [2.05, 4.69) is 24.6 Å². The predicted octanol–water partition coefficient (Wildman–Crippen LogP) is -0.100. The molecule has 12 nitrogen and oxygen atoms in total. The van der Waals surface area contributed by atoms with Crippen molar-refractivity contribution in [2.45, 2.75) is 26.9 Å². The molecule has 0 spiro atoms. The highest BCUT2D eigenvalue weighted by atomic mass is 16.4. The maximum Gasteiger partial charge on any atom is 0.402 e. The van der Waals surface area contributed by atoms with Crippen LogP contribution in [0.15, 0.2) is 24.3 Å². The molecule has 0 aliphatic carbocycles. The van der Waals surface area contributed by atoms with Crippen LogP contribution >= 0.6 is 0 Å². The molecule has 10 N–H and O–H groups in total. The van der Waals surface area contributed by atoms with Crippen LogP contribution in [-0.2, 0) is 9.59 Å². The van der Waals surface area contributed by atoms with Gasteiger partial charge in [-0.1, -0.05) is 13.2 Å². The standard InChI is InChI=1S/2C4H6O2.C3H8O2.2CH3NO2/c2*1-3(2)4(5)6;1-3(5)2-4;2*2-1(3)4/h2*1H2,2H3,(H,5,6);3-5H,2H2,1H3;2*2H2,(H,3,4). The Morgan fingerprint density at radius 1 is 0.840 bits per heavy atom. The minimum Gasteiger partial charge on any atom is -0.478 e. The molecule has 0 heterocycles. The highest BCUT2D eigenvalue weighted by molar-refractivity contribution is 5.85. The molecule has 25 heavy (non-hydrogen) atoms. The van der Waals surface area contributed by atoms with Gasteiger partial charge in [0, 0.05) is 11.1 Å². The molecule has 0 aliphatic rings. The number of aliphatic carboxylic acids is 2. The van der Waals surface area contributed by atoms with Gasteiger partial charge in [-0.2, -0.15) is 0 Å². The molecule has 12 heteroatoms. The lowest BCUT2D eigenvalue weighted by Crippen LogP contribution is -2.03. The van der Waals surface area contributed by atoms with Crippen LogP contribution in [0, 0.1) is 0 Å². The van der Waals surface area contributed by atoms with E-state index in [4.69, 9.17) is 40.2 Å². The summed E-state index contributed by atoms with van der Waals surface area (Å²) >= 11 is 0. The lowest BCUT2D eigenvalue weighted by molar-refractivity contribution is -0.133. The third-order valence-corrected chi connectivity index (χ3v) is 0.994. The number of hydrogen-bond acceptors (Lipinski definition) is 6. The number of rotatable bonds is 3. The van der Waals surface area contributed by atoms with E-state index in [1.807, 2.05) is 0 Å². The van der Waals surface area contributed by atoms with Crippen molar-refractivity contribution >= 4 is 24.1 Å². The number of aliphatic hydroxyl groups excluding tert-OH is 2. The van der Waals surface area contributed by atoms with Crippen molar-refractivity contribution in [3.05, 3.63) is 24.3 Å². The summed E-state index contributed by atoms with van der Waals surface area (Å²) < 4.78 is 0. The monoisotopic (exact) mass is 370 g/mol. The number of primary amides is 2. The van der Waals surface area contributed by atoms with Gasteiger partial charge in [0.15, 0.2) is 0 Å². The fourth-order valence-electron chi connectivity index (χ4n) is 0. The average Bonchev–Trinajstić information content (AvgIpc) is 2.38. The first kappa shape index (κ1) is 33.5. The predicted molar refractivity (Wildman–Crippen MR) is 88.1 cm³/mol. The van der Waals surface area contributed by atoms with Crippen LogP contribution < -0.4 is 11.5 Å². The molecule has 0 aliphatic heterocycles. The number of carboxylic acid groups (broad SMARTS) is 4. The summed E-state index contributed by atoms with van der Waals surface area (Å²) in [6.45, 7) is 10.6. The van der Waals surface area contributed by atoms with E-state index in [1.165, 1.54) is 20.8 Å². The lowest BCUT2D eigenvalue weighted by Gasteiger charge is -1.90. The molecule has 0 fully saturated rings.